The molecule has 2 N–H and O–H groups in total. The van der Waals surface area contributed by atoms with Crippen molar-refractivity contribution in [3.8, 4) is 5.75 Å². The molecule has 2 aromatic rings. The van der Waals surface area contributed by atoms with Crippen molar-refractivity contribution in [1.82, 2.24) is 20.5 Å². The molecule has 2 rings (SSSR count). The zero-order valence-corrected chi connectivity index (χ0v) is 11.9. The van der Waals surface area contributed by atoms with Crippen molar-refractivity contribution in [3.05, 3.63) is 40.9 Å². The van der Waals surface area contributed by atoms with Gasteiger partial charge in [-0.2, -0.15) is 5.10 Å². The van der Waals surface area contributed by atoms with Crippen LogP contribution in [-0.2, 0) is 11.2 Å². The maximum absolute atomic E-state index is 12.0. The quantitative estimate of drug-likeness (QED) is 0.882. The fourth-order valence-corrected chi connectivity index (χ4v) is 2.04. The third kappa shape index (κ3) is 3.48. The third-order valence-electron chi connectivity index (χ3n) is 2.81. The van der Waals surface area contributed by atoms with Crippen LogP contribution in [0.3, 0.4) is 0 Å². The molecule has 6 nitrogen and oxygen atoms in total. The molecule has 1 heterocycles. The van der Waals surface area contributed by atoms with Gasteiger partial charge >= 0.3 is 0 Å². The fraction of sp³-hybridized carbons (Fsp3) is 0.308. The Morgan fingerprint density at radius 3 is 3.00 bits per heavy atom. The van der Waals surface area contributed by atoms with Crippen molar-refractivity contribution in [2.24, 2.45) is 0 Å². The first-order valence-electron chi connectivity index (χ1n) is 6.07. The molecule has 0 radical (unpaired) electrons. The van der Waals surface area contributed by atoms with Gasteiger partial charge in [-0.3, -0.25) is 9.89 Å². The number of hydrogen-bond donors (Lipinski definition) is 2. The van der Waals surface area contributed by atoms with E-state index in [9.17, 15) is 4.79 Å². The Labute approximate surface area is 121 Å². The van der Waals surface area contributed by atoms with Crippen molar-refractivity contribution in [2.45, 2.75) is 19.4 Å². The molecule has 1 amide bonds. The maximum Gasteiger partial charge on any atom is 0.225 e. The molecule has 1 aromatic heterocycles. The molecule has 0 aliphatic heterocycles. The van der Waals surface area contributed by atoms with Gasteiger partial charge in [0.2, 0.25) is 5.91 Å². The van der Waals surface area contributed by atoms with Gasteiger partial charge in [0.1, 0.15) is 17.9 Å². The van der Waals surface area contributed by atoms with E-state index in [4.69, 9.17) is 16.3 Å². The number of nitrogens with one attached hydrogen (secondary N) is 2. The van der Waals surface area contributed by atoms with Gasteiger partial charge in [0.05, 0.1) is 19.6 Å². The molecule has 0 aliphatic carbocycles. The number of carbonyl (C=O) groups excluding carboxylic acids is 1. The minimum atomic E-state index is -0.241. The lowest BCUT2D eigenvalue weighted by Crippen LogP contribution is -2.28. The first-order valence-corrected chi connectivity index (χ1v) is 6.45. The number of methoxy groups -OCH3 is 1. The van der Waals surface area contributed by atoms with Gasteiger partial charge < -0.3 is 10.1 Å². The van der Waals surface area contributed by atoms with Gasteiger partial charge in [-0.05, 0) is 25.1 Å². The molecule has 1 unspecified atom stereocenters. The molecule has 1 atom stereocenters. The van der Waals surface area contributed by atoms with E-state index in [0.717, 1.165) is 5.56 Å². The summed E-state index contributed by atoms with van der Waals surface area (Å²) >= 11 is 5.93. The Bertz CT molecular complexity index is 586. The Morgan fingerprint density at radius 2 is 2.35 bits per heavy atom. The fourth-order valence-electron chi connectivity index (χ4n) is 1.84. The van der Waals surface area contributed by atoms with Gasteiger partial charge in [0.25, 0.3) is 0 Å². The largest absolute Gasteiger partial charge is 0.496 e. The van der Waals surface area contributed by atoms with Crippen LogP contribution in [0.15, 0.2) is 24.5 Å². The number of amides is 1. The monoisotopic (exact) mass is 294 g/mol. The Kier molecular flexibility index (Phi) is 4.57. The van der Waals surface area contributed by atoms with E-state index in [1.807, 2.05) is 6.92 Å². The topological polar surface area (TPSA) is 79.9 Å². The van der Waals surface area contributed by atoms with Gasteiger partial charge in [0, 0.05) is 10.6 Å². The normalized spacial score (nSPS) is 11.9. The van der Waals surface area contributed by atoms with Crippen LogP contribution in [0, 0.1) is 0 Å². The van der Waals surface area contributed by atoms with E-state index in [1.165, 1.54) is 6.33 Å². The zero-order valence-electron chi connectivity index (χ0n) is 11.2. The van der Waals surface area contributed by atoms with Crippen LogP contribution >= 0.6 is 11.6 Å². The summed E-state index contributed by atoms with van der Waals surface area (Å²) in [5.41, 5.74) is 0.738. The molecule has 0 aliphatic rings. The molecule has 7 heteroatoms. The zero-order chi connectivity index (χ0) is 14.5. The minimum Gasteiger partial charge on any atom is -0.496 e. The Balaban J connectivity index is 2.03. The number of benzene rings is 1. The van der Waals surface area contributed by atoms with Crippen LogP contribution in [-0.4, -0.2) is 28.2 Å². The predicted molar refractivity (Wildman–Crippen MR) is 74.6 cm³/mol. The van der Waals surface area contributed by atoms with Crippen LogP contribution in [0.1, 0.15) is 24.4 Å². The number of nitrogens with zero attached hydrogens (tertiary/aromatic N) is 2. The van der Waals surface area contributed by atoms with Crippen LogP contribution in [0.5, 0.6) is 5.75 Å². The summed E-state index contributed by atoms with van der Waals surface area (Å²) in [7, 11) is 1.56. The van der Waals surface area contributed by atoms with Crippen molar-refractivity contribution in [3.63, 3.8) is 0 Å². The van der Waals surface area contributed by atoms with Crippen LogP contribution in [0.2, 0.25) is 5.02 Å². The highest BCUT2D eigenvalue weighted by atomic mass is 35.5. The second kappa shape index (κ2) is 6.38. The molecule has 0 fully saturated rings. The summed E-state index contributed by atoms with van der Waals surface area (Å²) < 4.78 is 5.21. The van der Waals surface area contributed by atoms with Crippen molar-refractivity contribution in [1.29, 1.82) is 0 Å². The van der Waals surface area contributed by atoms with Crippen molar-refractivity contribution >= 4 is 17.5 Å². The summed E-state index contributed by atoms with van der Waals surface area (Å²) in [5, 5.41) is 9.86. The average Bonchev–Trinajstić information content (AvgIpc) is 2.92. The van der Waals surface area contributed by atoms with E-state index in [0.29, 0.717) is 16.6 Å². The number of aromatic nitrogens is 3. The molecule has 0 saturated heterocycles. The van der Waals surface area contributed by atoms with Gasteiger partial charge in [-0.1, -0.05) is 11.6 Å². The average molecular weight is 295 g/mol. The van der Waals surface area contributed by atoms with Crippen LogP contribution < -0.4 is 10.1 Å². The van der Waals surface area contributed by atoms with Crippen LogP contribution in [0.4, 0.5) is 0 Å². The lowest BCUT2D eigenvalue weighted by atomic mass is 10.1. The third-order valence-corrected chi connectivity index (χ3v) is 3.05. The maximum atomic E-state index is 12.0. The van der Waals surface area contributed by atoms with E-state index in [2.05, 4.69) is 20.5 Å². The number of halogens is 1. The van der Waals surface area contributed by atoms with Gasteiger partial charge in [0.15, 0.2) is 0 Å². The van der Waals surface area contributed by atoms with Gasteiger partial charge in [-0.25, -0.2) is 4.98 Å². The highest BCUT2D eigenvalue weighted by Crippen LogP contribution is 2.23. The molecule has 106 valence electrons. The number of ether oxygens (including phenoxy) is 1. The lowest BCUT2D eigenvalue weighted by Gasteiger charge is -2.12. The first kappa shape index (κ1) is 14.3. The Hall–Kier alpha value is -2.08. The number of rotatable bonds is 5. The molecule has 0 bridgehead atoms. The van der Waals surface area contributed by atoms with Gasteiger partial charge in [-0.15, -0.1) is 0 Å². The summed E-state index contributed by atoms with van der Waals surface area (Å²) in [5.74, 6) is 1.10. The summed E-state index contributed by atoms with van der Waals surface area (Å²) in [6.07, 6.45) is 1.58. The molecule has 1 aromatic carbocycles. The lowest BCUT2D eigenvalue weighted by molar-refractivity contribution is -0.121. The minimum absolute atomic E-state index is 0.144. The van der Waals surface area contributed by atoms with Crippen molar-refractivity contribution < 1.29 is 9.53 Å². The SMILES string of the molecule is COc1ccc(Cl)cc1CC(=O)NC(C)c1ncn[nH]1. The van der Waals surface area contributed by atoms with E-state index in [-0.39, 0.29) is 18.4 Å². The summed E-state index contributed by atoms with van der Waals surface area (Å²) in [6, 6.07) is 4.94. The van der Waals surface area contributed by atoms with Crippen LogP contribution in [0.25, 0.3) is 0 Å². The first-order chi connectivity index (χ1) is 9.60. The smallest absolute Gasteiger partial charge is 0.225 e. The number of hydrogen-bond acceptors (Lipinski definition) is 4. The molecular formula is C13H15ClN4O2. The number of H-pyrrole nitrogens is 1. The Morgan fingerprint density at radius 1 is 1.55 bits per heavy atom. The second-order valence-electron chi connectivity index (χ2n) is 4.29. The highest BCUT2D eigenvalue weighted by molar-refractivity contribution is 6.30. The summed E-state index contributed by atoms with van der Waals surface area (Å²) in [4.78, 5) is 16.0. The van der Waals surface area contributed by atoms with Crippen molar-refractivity contribution in [2.75, 3.05) is 7.11 Å². The van der Waals surface area contributed by atoms with E-state index >= 15 is 0 Å². The molecular weight excluding hydrogens is 280 g/mol. The second-order valence-corrected chi connectivity index (χ2v) is 4.73. The molecule has 0 spiro atoms. The summed E-state index contributed by atoms with van der Waals surface area (Å²) in [6.45, 7) is 1.83. The molecule has 20 heavy (non-hydrogen) atoms. The highest BCUT2D eigenvalue weighted by Gasteiger charge is 2.14. The molecule has 0 saturated carbocycles. The predicted octanol–water partition coefficient (Wildman–Crippen LogP) is 1.89. The van der Waals surface area contributed by atoms with E-state index < -0.39 is 0 Å². The van der Waals surface area contributed by atoms with E-state index in [1.54, 1.807) is 25.3 Å². The number of aromatic amines is 1. The number of carbonyl (C=O) groups is 1. The standard InChI is InChI=1S/C13H15ClN4O2/c1-8(13-15-7-16-18-13)17-12(19)6-9-5-10(14)3-4-11(9)20-2/h3-5,7-8H,6H2,1-2H3,(H,17,19)(H,15,16,18).